The molecule has 0 spiro atoms. The summed E-state index contributed by atoms with van der Waals surface area (Å²) in [5.41, 5.74) is 4.15. The van der Waals surface area contributed by atoms with Crippen molar-refractivity contribution in [3.63, 3.8) is 0 Å². The van der Waals surface area contributed by atoms with Crippen molar-refractivity contribution in [2.75, 3.05) is 18.3 Å². The van der Waals surface area contributed by atoms with Gasteiger partial charge in [-0.1, -0.05) is 17.3 Å². The first-order valence-electron chi connectivity index (χ1n) is 7.88. The highest BCUT2D eigenvalue weighted by molar-refractivity contribution is 8.16. The average Bonchev–Trinajstić information content (AvgIpc) is 3.27. The van der Waals surface area contributed by atoms with Gasteiger partial charge in [-0.05, 0) is 36.1 Å². The Hall–Kier alpha value is -1.86. The number of nitrogens with zero attached hydrogens (tertiary/aromatic N) is 3. The Kier molecular flexibility index (Phi) is 3.56. The highest BCUT2D eigenvalue weighted by Crippen LogP contribution is 2.49. The molecule has 0 bridgehead atoms. The van der Waals surface area contributed by atoms with Gasteiger partial charge in [0.05, 0.1) is 15.8 Å². The van der Waals surface area contributed by atoms with Crippen LogP contribution in [0.15, 0.2) is 36.4 Å². The topological polar surface area (TPSA) is 49.2 Å². The first-order valence-corrected chi connectivity index (χ1v) is 9.97. The molecule has 24 heavy (non-hydrogen) atoms. The maximum Gasteiger partial charge on any atom is 0.231 e. The normalized spacial score (nSPS) is 17.5. The van der Waals surface area contributed by atoms with Gasteiger partial charge in [-0.3, -0.25) is 0 Å². The van der Waals surface area contributed by atoms with E-state index in [1.54, 1.807) is 0 Å². The van der Waals surface area contributed by atoms with Crippen LogP contribution in [0.5, 0.6) is 11.5 Å². The van der Waals surface area contributed by atoms with Crippen LogP contribution in [0.2, 0.25) is 0 Å². The number of rotatable bonds is 2. The zero-order valence-electron chi connectivity index (χ0n) is 12.8. The molecule has 2 aliphatic heterocycles. The fraction of sp³-hybridized carbons (Fsp3) is 0.294. The Morgan fingerprint density at radius 2 is 1.83 bits per heavy atom. The van der Waals surface area contributed by atoms with E-state index in [4.69, 9.17) is 9.47 Å². The summed E-state index contributed by atoms with van der Waals surface area (Å²) in [7, 11) is 0. The average molecular weight is 357 g/mol. The minimum absolute atomic E-state index is 0.279. The van der Waals surface area contributed by atoms with Crippen molar-refractivity contribution in [3.05, 3.63) is 42.0 Å². The lowest BCUT2D eigenvalue weighted by Crippen LogP contribution is -2.07. The number of para-hydroxylation sites is 1. The zero-order valence-corrected chi connectivity index (χ0v) is 14.5. The monoisotopic (exact) mass is 357 g/mol. The lowest BCUT2D eigenvalue weighted by Gasteiger charge is -2.23. The van der Waals surface area contributed by atoms with Gasteiger partial charge in [0, 0.05) is 11.6 Å². The number of hydrogen-bond donors (Lipinski definition) is 0. The summed E-state index contributed by atoms with van der Waals surface area (Å²) in [6.45, 7) is 0.279. The maximum atomic E-state index is 5.60. The lowest BCUT2D eigenvalue weighted by atomic mass is 10.1. The van der Waals surface area contributed by atoms with Crippen molar-refractivity contribution in [2.45, 2.75) is 11.0 Å². The van der Waals surface area contributed by atoms with Crippen LogP contribution in [-0.4, -0.2) is 33.3 Å². The second-order valence-corrected chi connectivity index (χ2v) is 8.41. The van der Waals surface area contributed by atoms with E-state index in [-0.39, 0.29) is 6.79 Å². The largest absolute Gasteiger partial charge is 0.454 e. The van der Waals surface area contributed by atoms with E-state index < -0.39 is 0 Å². The van der Waals surface area contributed by atoms with Gasteiger partial charge in [0.1, 0.15) is 5.52 Å². The van der Waals surface area contributed by atoms with Crippen molar-refractivity contribution in [2.24, 2.45) is 0 Å². The van der Waals surface area contributed by atoms with Gasteiger partial charge in [-0.15, -0.1) is 28.6 Å². The van der Waals surface area contributed by atoms with Gasteiger partial charge in [-0.2, -0.15) is 0 Å². The molecule has 5 rings (SSSR count). The molecule has 0 N–H and O–H groups in total. The molecular weight excluding hydrogens is 342 g/mol. The van der Waals surface area contributed by atoms with E-state index in [0.717, 1.165) is 28.2 Å². The highest BCUT2D eigenvalue weighted by atomic mass is 32.2. The summed E-state index contributed by atoms with van der Waals surface area (Å²) in [5.74, 6) is 3.97. The first-order chi connectivity index (χ1) is 11.9. The summed E-state index contributed by atoms with van der Waals surface area (Å²) >= 11 is 3.97. The summed E-state index contributed by atoms with van der Waals surface area (Å²) in [6, 6.07) is 12.2. The summed E-state index contributed by atoms with van der Waals surface area (Å²) < 4.78 is 13.5. The van der Waals surface area contributed by atoms with Crippen molar-refractivity contribution in [1.82, 2.24) is 15.0 Å². The van der Waals surface area contributed by atoms with Crippen LogP contribution in [0.4, 0.5) is 0 Å². The molecule has 0 atom stereocenters. The number of benzene rings is 2. The molecule has 0 unspecified atom stereocenters. The Labute approximate surface area is 147 Å². The highest BCUT2D eigenvalue weighted by Gasteiger charge is 2.26. The molecule has 0 aliphatic carbocycles. The zero-order chi connectivity index (χ0) is 15.9. The number of aromatic nitrogens is 3. The van der Waals surface area contributed by atoms with Gasteiger partial charge in [0.25, 0.3) is 0 Å². The molecule has 3 heterocycles. The van der Waals surface area contributed by atoms with E-state index in [0.29, 0.717) is 4.58 Å². The van der Waals surface area contributed by atoms with Crippen molar-refractivity contribution in [1.29, 1.82) is 0 Å². The van der Waals surface area contributed by atoms with E-state index in [9.17, 15) is 0 Å². The third kappa shape index (κ3) is 2.34. The molecule has 0 saturated carbocycles. The lowest BCUT2D eigenvalue weighted by molar-refractivity contribution is 0.174. The summed E-state index contributed by atoms with van der Waals surface area (Å²) in [6.07, 6.45) is 1.26. The molecular formula is C17H15N3O2S2. The SMILES string of the molecule is c1ccc2c(c1)nnn2-c1cc2c(cc1C1SCCCS1)OCO2. The predicted molar refractivity (Wildman–Crippen MR) is 97.3 cm³/mol. The maximum absolute atomic E-state index is 5.60. The fourth-order valence-electron chi connectivity index (χ4n) is 3.03. The van der Waals surface area contributed by atoms with Gasteiger partial charge >= 0.3 is 0 Å². The first kappa shape index (κ1) is 14.5. The molecule has 7 heteroatoms. The van der Waals surface area contributed by atoms with Gasteiger partial charge in [0.2, 0.25) is 6.79 Å². The second kappa shape index (κ2) is 5.89. The molecule has 5 nitrogen and oxygen atoms in total. The van der Waals surface area contributed by atoms with E-state index in [1.165, 1.54) is 23.5 Å². The Morgan fingerprint density at radius 1 is 1.04 bits per heavy atom. The smallest absolute Gasteiger partial charge is 0.231 e. The third-order valence-corrected chi connectivity index (χ3v) is 7.16. The molecule has 1 fully saturated rings. The summed E-state index contributed by atoms with van der Waals surface area (Å²) in [4.78, 5) is 0. The molecule has 2 aliphatic rings. The fourth-order valence-corrected chi connectivity index (χ4v) is 5.97. The Balaban J connectivity index is 1.71. The molecule has 0 amide bonds. The number of hydrogen-bond acceptors (Lipinski definition) is 6. The van der Waals surface area contributed by atoms with Crippen LogP contribution in [0.25, 0.3) is 16.7 Å². The Morgan fingerprint density at radius 3 is 2.71 bits per heavy atom. The van der Waals surface area contributed by atoms with Gasteiger partial charge < -0.3 is 9.47 Å². The van der Waals surface area contributed by atoms with Crippen LogP contribution in [0.3, 0.4) is 0 Å². The minimum Gasteiger partial charge on any atom is -0.454 e. The molecule has 2 aromatic carbocycles. The Bertz CT molecular complexity index is 906. The van der Waals surface area contributed by atoms with Crippen LogP contribution in [0, 0.1) is 0 Å². The molecule has 3 aromatic rings. The number of fused-ring (bicyclic) bond motifs is 2. The van der Waals surface area contributed by atoms with Gasteiger partial charge in [-0.25, -0.2) is 4.68 Å². The summed E-state index contributed by atoms with van der Waals surface area (Å²) in [5, 5.41) is 8.70. The molecule has 1 aromatic heterocycles. The van der Waals surface area contributed by atoms with E-state index in [1.807, 2.05) is 58.5 Å². The second-order valence-electron chi connectivity index (χ2n) is 5.68. The molecule has 0 radical (unpaired) electrons. The van der Waals surface area contributed by atoms with Crippen LogP contribution < -0.4 is 9.47 Å². The molecule has 1 saturated heterocycles. The van der Waals surface area contributed by atoms with E-state index >= 15 is 0 Å². The van der Waals surface area contributed by atoms with Crippen LogP contribution in [0.1, 0.15) is 16.6 Å². The van der Waals surface area contributed by atoms with Crippen molar-refractivity contribution >= 4 is 34.6 Å². The van der Waals surface area contributed by atoms with Gasteiger partial charge in [0.15, 0.2) is 11.5 Å². The third-order valence-electron chi connectivity index (χ3n) is 4.18. The van der Waals surface area contributed by atoms with Crippen LogP contribution >= 0.6 is 23.5 Å². The molecule has 122 valence electrons. The standard InChI is InChI=1S/C17H15N3O2S2/c1-2-5-13-12(4-1)18-19-20(13)14-9-16-15(21-10-22-16)8-11(14)17-23-6-3-7-24-17/h1-2,4-5,8-9,17H,3,6-7,10H2. The number of thioether (sulfide) groups is 2. The number of ether oxygens (including phenoxy) is 2. The predicted octanol–water partition coefficient (Wildman–Crippen LogP) is 4.02. The quantitative estimate of drug-likeness (QED) is 0.690. The van der Waals surface area contributed by atoms with Crippen LogP contribution in [-0.2, 0) is 0 Å². The van der Waals surface area contributed by atoms with E-state index in [2.05, 4.69) is 16.4 Å². The van der Waals surface area contributed by atoms with Crippen molar-refractivity contribution in [3.8, 4) is 17.2 Å². The van der Waals surface area contributed by atoms with Crippen molar-refractivity contribution < 1.29 is 9.47 Å². The minimum atomic E-state index is 0.279.